The maximum Gasteiger partial charge on any atom is 0.227 e. The van der Waals surface area contributed by atoms with Gasteiger partial charge in [-0.3, -0.25) is 0 Å². The summed E-state index contributed by atoms with van der Waals surface area (Å²) < 4.78 is 20.3. The summed E-state index contributed by atoms with van der Waals surface area (Å²) in [6.45, 7) is 0. The third-order valence-corrected chi connectivity index (χ3v) is 10.9. The molecule has 5 nitrogen and oxygen atoms in total. The van der Waals surface area contributed by atoms with Gasteiger partial charge in [-0.05, 0) is 123 Å². The van der Waals surface area contributed by atoms with E-state index in [0.717, 1.165) is 70.6 Å². The van der Waals surface area contributed by atoms with Gasteiger partial charge in [0.1, 0.15) is 22.5 Å². The van der Waals surface area contributed by atoms with Crippen LogP contribution in [0.25, 0.3) is 67.4 Å². The van der Waals surface area contributed by atoms with Crippen LogP contribution in [0, 0.1) is 3.57 Å². The first-order valence-corrected chi connectivity index (χ1v) is 17.9. The van der Waals surface area contributed by atoms with Gasteiger partial charge in [-0.1, -0.05) is 84.9 Å². The van der Waals surface area contributed by atoms with Crippen LogP contribution in [0.15, 0.2) is 160 Å². The van der Waals surface area contributed by atoms with E-state index in [-0.39, 0.29) is 0 Å². The lowest BCUT2D eigenvalue weighted by atomic mass is 9.66. The third-order valence-electron chi connectivity index (χ3n) is 10.3. The second-order valence-electron chi connectivity index (χ2n) is 13.1. The Morgan fingerprint density at radius 3 is 1.76 bits per heavy atom. The summed E-state index contributed by atoms with van der Waals surface area (Å²) in [7, 11) is 0. The van der Waals surface area contributed by atoms with E-state index in [0.29, 0.717) is 11.8 Å². The molecule has 0 radical (unpaired) electrons. The first-order chi connectivity index (χ1) is 25.1. The molecule has 0 unspecified atom stereocenters. The Kier molecular flexibility index (Phi) is 6.07. The van der Waals surface area contributed by atoms with Crippen LogP contribution in [0.1, 0.15) is 22.3 Å². The summed E-state index contributed by atoms with van der Waals surface area (Å²) in [6.07, 6.45) is 0. The van der Waals surface area contributed by atoms with E-state index in [2.05, 4.69) is 120 Å². The molecule has 0 atom stereocenters. The van der Waals surface area contributed by atoms with Gasteiger partial charge in [0.25, 0.3) is 0 Å². The Balaban J connectivity index is 1.17. The Labute approximate surface area is 306 Å². The predicted molar refractivity (Wildman–Crippen MR) is 208 cm³/mol. The van der Waals surface area contributed by atoms with Crippen LogP contribution in [0.2, 0.25) is 0 Å². The lowest BCUT2D eigenvalue weighted by molar-refractivity contribution is 0.436. The quantitative estimate of drug-likeness (QED) is 0.168. The SMILES string of the molecule is Ic1ccc2oc(-c3cc(-c4ccc5c(c4)C4(c6ccccc6Oc6ccccc64)c4ccccc4-5)cc(-c4nc5ccccc5o4)c3)nc2c1. The fourth-order valence-electron chi connectivity index (χ4n) is 8.09. The maximum atomic E-state index is 6.56. The Morgan fingerprint density at radius 2 is 1.02 bits per heavy atom. The van der Waals surface area contributed by atoms with E-state index in [4.69, 9.17) is 23.5 Å². The minimum Gasteiger partial charge on any atom is -0.457 e. The molecule has 9 aromatic rings. The molecule has 0 N–H and O–H groups in total. The normalized spacial score (nSPS) is 13.5. The summed E-state index contributed by atoms with van der Waals surface area (Å²) in [5, 5.41) is 0. The number of hydrogen-bond acceptors (Lipinski definition) is 5. The van der Waals surface area contributed by atoms with E-state index < -0.39 is 5.41 Å². The molecule has 0 saturated carbocycles. The molecular weight excluding hydrogens is 743 g/mol. The van der Waals surface area contributed by atoms with Crippen LogP contribution in [-0.4, -0.2) is 9.97 Å². The van der Waals surface area contributed by atoms with Crippen LogP contribution in [0.4, 0.5) is 0 Å². The van der Waals surface area contributed by atoms with Gasteiger partial charge in [-0.2, -0.15) is 0 Å². The average molecular weight is 769 g/mol. The number of aromatic nitrogens is 2. The zero-order chi connectivity index (χ0) is 33.7. The number of hydrogen-bond donors (Lipinski definition) is 0. The van der Waals surface area contributed by atoms with Gasteiger partial charge in [0.2, 0.25) is 11.8 Å². The van der Waals surface area contributed by atoms with Gasteiger partial charge in [0.15, 0.2) is 11.2 Å². The molecule has 7 aromatic carbocycles. The number of oxazole rings is 2. The standard InChI is InChI=1S/C45H25IN2O3/c46-30-18-20-42-38(25-30)48-44(51-42)29-22-27(21-28(23-29)43-47-37-13-5-8-16-41(37)50-43)26-17-19-32-31-9-1-2-10-33(31)45(36(32)24-26)34-11-3-6-14-39(34)49-40-15-7-4-12-35(40)45/h1-25H. The van der Waals surface area contributed by atoms with Crippen molar-refractivity contribution in [3.05, 3.63) is 177 Å². The molecule has 0 bridgehead atoms. The van der Waals surface area contributed by atoms with Crippen LogP contribution >= 0.6 is 22.6 Å². The number of para-hydroxylation sites is 4. The van der Waals surface area contributed by atoms with E-state index in [1.807, 2.05) is 54.6 Å². The van der Waals surface area contributed by atoms with Crippen LogP contribution in [-0.2, 0) is 5.41 Å². The highest BCUT2D eigenvalue weighted by atomic mass is 127. The molecule has 2 aliphatic rings. The highest BCUT2D eigenvalue weighted by molar-refractivity contribution is 14.1. The first kappa shape index (κ1) is 28.8. The summed E-state index contributed by atoms with van der Waals surface area (Å²) in [6, 6.07) is 52.8. The van der Waals surface area contributed by atoms with Crippen molar-refractivity contribution < 1.29 is 13.6 Å². The van der Waals surface area contributed by atoms with Gasteiger partial charge in [0, 0.05) is 25.8 Å². The molecule has 1 spiro atoms. The molecule has 3 heterocycles. The monoisotopic (exact) mass is 768 g/mol. The minimum absolute atomic E-state index is 0.544. The molecule has 0 saturated heterocycles. The van der Waals surface area contributed by atoms with Gasteiger partial charge >= 0.3 is 0 Å². The van der Waals surface area contributed by atoms with E-state index >= 15 is 0 Å². The summed E-state index contributed by atoms with van der Waals surface area (Å²) in [5.74, 6) is 2.83. The zero-order valence-corrected chi connectivity index (χ0v) is 29.1. The van der Waals surface area contributed by atoms with E-state index in [1.165, 1.54) is 22.3 Å². The number of fused-ring (bicyclic) bond motifs is 11. The molecular formula is C45H25IN2O3. The molecule has 6 heteroatoms. The second-order valence-corrected chi connectivity index (χ2v) is 14.3. The fourth-order valence-corrected chi connectivity index (χ4v) is 8.57. The lowest BCUT2D eigenvalue weighted by Crippen LogP contribution is -2.32. The van der Waals surface area contributed by atoms with Crippen molar-refractivity contribution >= 4 is 44.8 Å². The highest BCUT2D eigenvalue weighted by Crippen LogP contribution is 2.62. The number of ether oxygens (including phenoxy) is 1. The molecule has 1 aliphatic carbocycles. The smallest absolute Gasteiger partial charge is 0.227 e. The summed E-state index contributed by atoms with van der Waals surface area (Å²) in [4.78, 5) is 9.80. The minimum atomic E-state index is -0.564. The lowest BCUT2D eigenvalue weighted by Gasteiger charge is -2.39. The molecule has 2 aromatic heterocycles. The molecule has 0 amide bonds. The van der Waals surface area contributed by atoms with Gasteiger partial charge in [-0.25, -0.2) is 9.97 Å². The Hall–Kier alpha value is -5.99. The fraction of sp³-hybridized carbons (Fsp3) is 0.0222. The summed E-state index contributed by atoms with van der Waals surface area (Å²) >= 11 is 2.31. The van der Waals surface area contributed by atoms with Crippen molar-refractivity contribution in [3.8, 4) is 56.7 Å². The van der Waals surface area contributed by atoms with Crippen molar-refractivity contribution in [1.82, 2.24) is 9.97 Å². The number of nitrogens with zero attached hydrogens (tertiary/aromatic N) is 2. The Morgan fingerprint density at radius 1 is 0.431 bits per heavy atom. The van der Waals surface area contributed by atoms with Gasteiger partial charge in [0.05, 0.1) is 5.41 Å². The van der Waals surface area contributed by atoms with Crippen molar-refractivity contribution in [2.24, 2.45) is 0 Å². The number of halogens is 1. The summed E-state index contributed by atoms with van der Waals surface area (Å²) in [5.41, 5.74) is 13.5. The molecule has 0 fully saturated rings. The molecule has 51 heavy (non-hydrogen) atoms. The van der Waals surface area contributed by atoms with Gasteiger partial charge < -0.3 is 13.6 Å². The Bertz CT molecular complexity index is 2810. The largest absolute Gasteiger partial charge is 0.457 e. The first-order valence-electron chi connectivity index (χ1n) is 16.8. The van der Waals surface area contributed by atoms with Crippen molar-refractivity contribution in [2.75, 3.05) is 0 Å². The maximum absolute atomic E-state index is 6.56. The zero-order valence-electron chi connectivity index (χ0n) is 26.9. The molecule has 11 rings (SSSR count). The van der Waals surface area contributed by atoms with Crippen LogP contribution < -0.4 is 4.74 Å². The number of rotatable bonds is 3. The van der Waals surface area contributed by atoms with Crippen LogP contribution in [0.3, 0.4) is 0 Å². The van der Waals surface area contributed by atoms with Gasteiger partial charge in [-0.15, -0.1) is 0 Å². The molecule has 240 valence electrons. The molecule has 1 aliphatic heterocycles. The van der Waals surface area contributed by atoms with Crippen molar-refractivity contribution in [2.45, 2.75) is 5.41 Å². The van der Waals surface area contributed by atoms with E-state index in [9.17, 15) is 0 Å². The highest BCUT2D eigenvalue weighted by Gasteiger charge is 2.51. The van der Waals surface area contributed by atoms with Crippen molar-refractivity contribution in [3.63, 3.8) is 0 Å². The van der Waals surface area contributed by atoms with Crippen molar-refractivity contribution in [1.29, 1.82) is 0 Å². The number of benzene rings is 7. The average Bonchev–Trinajstić information content (AvgIpc) is 3.88. The predicted octanol–water partition coefficient (Wildman–Crippen LogP) is 12.0. The van der Waals surface area contributed by atoms with Crippen LogP contribution in [0.5, 0.6) is 11.5 Å². The van der Waals surface area contributed by atoms with E-state index in [1.54, 1.807) is 0 Å². The third kappa shape index (κ3) is 4.20. The second kappa shape index (κ2) is 10.8. The topological polar surface area (TPSA) is 61.3 Å².